The Balaban J connectivity index is 1.51. The molecule has 4 aromatic rings. The molecule has 0 spiro atoms. The van der Waals surface area contributed by atoms with Crippen LogP contribution in [0.1, 0.15) is 42.9 Å². The van der Waals surface area contributed by atoms with Crippen LogP contribution in [0.15, 0.2) is 66.7 Å². The Labute approximate surface area is 188 Å². The molecule has 4 heteroatoms. The third-order valence-corrected chi connectivity index (χ3v) is 7.55. The number of fused-ring (bicyclic) bond motifs is 9. The van der Waals surface area contributed by atoms with Gasteiger partial charge in [0.05, 0.1) is 11.0 Å². The van der Waals surface area contributed by atoms with E-state index < -0.39 is 0 Å². The van der Waals surface area contributed by atoms with E-state index in [1.54, 1.807) is 0 Å². The van der Waals surface area contributed by atoms with E-state index in [0.717, 1.165) is 35.5 Å². The summed E-state index contributed by atoms with van der Waals surface area (Å²) in [6.45, 7) is 4.45. The molecule has 0 saturated heterocycles. The molecule has 4 nitrogen and oxygen atoms in total. The molecule has 158 valence electrons. The predicted molar refractivity (Wildman–Crippen MR) is 130 cm³/mol. The van der Waals surface area contributed by atoms with Gasteiger partial charge in [-0.05, 0) is 72.2 Å². The maximum atomic E-state index is 5.27. The maximum absolute atomic E-state index is 5.27. The zero-order chi connectivity index (χ0) is 21.4. The fraction of sp³-hybridized carbons (Fsp3) is 0.286. The summed E-state index contributed by atoms with van der Waals surface area (Å²) < 4.78 is 0. The van der Waals surface area contributed by atoms with Crippen molar-refractivity contribution >= 4 is 34.0 Å². The van der Waals surface area contributed by atoms with E-state index in [1.807, 2.05) is 0 Å². The van der Waals surface area contributed by atoms with Gasteiger partial charge in [-0.1, -0.05) is 50.2 Å². The molecule has 1 aromatic heterocycles. The van der Waals surface area contributed by atoms with Gasteiger partial charge in [0.1, 0.15) is 6.17 Å². The average molecular weight is 419 g/mol. The van der Waals surface area contributed by atoms with Crippen molar-refractivity contribution in [3.8, 4) is 0 Å². The Morgan fingerprint density at radius 3 is 2.09 bits per heavy atom. The molecular formula is C28H26N4. The molecule has 32 heavy (non-hydrogen) atoms. The Bertz CT molecular complexity index is 1360. The third-order valence-electron chi connectivity index (χ3n) is 7.55. The summed E-state index contributed by atoms with van der Waals surface area (Å²) in [5.41, 5.74) is 8.72. The molecule has 0 amide bonds. The molecule has 3 heterocycles. The number of benzene rings is 3. The highest BCUT2D eigenvalue weighted by Crippen LogP contribution is 2.64. The summed E-state index contributed by atoms with van der Waals surface area (Å²) in [5.74, 6) is 3.22. The van der Waals surface area contributed by atoms with E-state index in [2.05, 4.69) is 90.4 Å². The van der Waals surface area contributed by atoms with Crippen LogP contribution in [-0.2, 0) is 12.8 Å². The lowest BCUT2D eigenvalue weighted by Crippen LogP contribution is -2.42. The van der Waals surface area contributed by atoms with Gasteiger partial charge in [-0.25, -0.2) is 9.97 Å². The molecule has 1 aliphatic carbocycles. The van der Waals surface area contributed by atoms with Crippen molar-refractivity contribution in [1.82, 2.24) is 9.97 Å². The molecule has 1 saturated carbocycles. The first kappa shape index (κ1) is 18.2. The van der Waals surface area contributed by atoms with E-state index >= 15 is 0 Å². The Morgan fingerprint density at radius 1 is 0.781 bits per heavy atom. The van der Waals surface area contributed by atoms with Crippen LogP contribution in [0.3, 0.4) is 0 Å². The van der Waals surface area contributed by atoms with Crippen molar-refractivity contribution in [2.24, 2.45) is 5.92 Å². The van der Waals surface area contributed by atoms with E-state index in [9.17, 15) is 0 Å². The second kappa shape index (κ2) is 6.55. The van der Waals surface area contributed by atoms with Crippen molar-refractivity contribution in [2.45, 2.75) is 45.2 Å². The van der Waals surface area contributed by atoms with Crippen LogP contribution < -0.4 is 9.80 Å². The number of para-hydroxylation sites is 2. The fourth-order valence-electron chi connectivity index (χ4n) is 5.94. The Morgan fingerprint density at radius 2 is 1.41 bits per heavy atom. The van der Waals surface area contributed by atoms with Crippen molar-refractivity contribution in [1.29, 1.82) is 0 Å². The molecule has 3 unspecified atom stereocenters. The van der Waals surface area contributed by atoms with Crippen LogP contribution in [0.4, 0.5) is 23.0 Å². The highest BCUT2D eigenvalue weighted by molar-refractivity contribution is 5.91. The number of aromatic nitrogens is 2. The lowest BCUT2D eigenvalue weighted by Gasteiger charge is -2.36. The summed E-state index contributed by atoms with van der Waals surface area (Å²) >= 11 is 0. The smallest absolute Gasteiger partial charge is 0.179 e. The van der Waals surface area contributed by atoms with E-state index in [4.69, 9.17) is 9.97 Å². The second-order valence-electron chi connectivity index (χ2n) is 9.24. The number of nitrogens with zero attached hydrogens (tertiary/aromatic N) is 4. The van der Waals surface area contributed by atoms with Crippen molar-refractivity contribution in [3.05, 3.63) is 83.4 Å². The minimum absolute atomic E-state index is 0.236. The second-order valence-corrected chi connectivity index (χ2v) is 9.24. The summed E-state index contributed by atoms with van der Waals surface area (Å²) in [6, 6.07) is 24.1. The number of hydrogen-bond donors (Lipinski definition) is 0. The van der Waals surface area contributed by atoms with E-state index in [-0.39, 0.29) is 6.17 Å². The standard InChI is InChI=1S/C28H26N4/c1-3-17-14-23-24(15-18(17)4-2)30-27-26(29-23)31(19-10-6-5-7-11-19)28-22-16-21(22)20-12-8-9-13-25(20)32(27)28/h5-15,21-22,28H,3-4,16H2,1-2H3. The van der Waals surface area contributed by atoms with Gasteiger partial charge >= 0.3 is 0 Å². The molecule has 2 aliphatic heterocycles. The van der Waals surface area contributed by atoms with Crippen molar-refractivity contribution in [3.63, 3.8) is 0 Å². The number of anilines is 4. The summed E-state index contributed by atoms with van der Waals surface area (Å²) in [6.07, 6.45) is 3.51. The first-order valence-electron chi connectivity index (χ1n) is 11.8. The van der Waals surface area contributed by atoms with Crippen LogP contribution in [0, 0.1) is 5.92 Å². The minimum atomic E-state index is 0.236. The quantitative estimate of drug-likeness (QED) is 0.381. The highest BCUT2D eigenvalue weighted by atomic mass is 15.5. The fourth-order valence-corrected chi connectivity index (χ4v) is 5.94. The van der Waals surface area contributed by atoms with Gasteiger partial charge in [0.2, 0.25) is 0 Å². The number of hydrogen-bond acceptors (Lipinski definition) is 4. The summed E-state index contributed by atoms with van der Waals surface area (Å²) in [7, 11) is 0. The van der Waals surface area contributed by atoms with Gasteiger partial charge in [-0.15, -0.1) is 0 Å². The first-order valence-corrected chi connectivity index (χ1v) is 11.8. The van der Waals surface area contributed by atoms with Gasteiger partial charge in [-0.2, -0.15) is 0 Å². The average Bonchev–Trinajstić information content (AvgIpc) is 3.58. The molecule has 3 atom stereocenters. The lowest BCUT2D eigenvalue weighted by atomic mass is 9.99. The molecule has 0 bridgehead atoms. The molecule has 1 fully saturated rings. The predicted octanol–water partition coefficient (Wildman–Crippen LogP) is 6.49. The lowest BCUT2D eigenvalue weighted by molar-refractivity contribution is 0.575. The number of rotatable bonds is 3. The van der Waals surface area contributed by atoms with Gasteiger partial charge in [0.15, 0.2) is 11.6 Å². The van der Waals surface area contributed by atoms with Crippen LogP contribution in [0.25, 0.3) is 11.0 Å². The topological polar surface area (TPSA) is 32.3 Å². The molecular weight excluding hydrogens is 392 g/mol. The minimum Gasteiger partial charge on any atom is -0.302 e. The van der Waals surface area contributed by atoms with Crippen LogP contribution in [0.2, 0.25) is 0 Å². The number of aryl methyl sites for hydroxylation is 2. The van der Waals surface area contributed by atoms with Gasteiger partial charge in [0, 0.05) is 17.3 Å². The normalized spacial score (nSPS) is 22.4. The van der Waals surface area contributed by atoms with Crippen LogP contribution >= 0.6 is 0 Å². The summed E-state index contributed by atoms with van der Waals surface area (Å²) in [5, 5.41) is 0. The molecule has 7 rings (SSSR count). The van der Waals surface area contributed by atoms with E-state index in [1.165, 1.54) is 34.5 Å². The zero-order valence-electron chi connectivity index (χ0n) is 18.5. The largest absolute Gasteiger partial charge is 0.302 e. The first-order chi connectivity index (χ1) is 15.8. The molecule has 0 N–H and O–H groups in total. The third kappa shape index (κ3) is 2.38. The Kier molecular flexibility index (Phi) is 3.73. The molecule has 3 aromatic carbocycles. The van der Waals surface area contributed by atoms with Crippen molar-refractivity contribution < 1.29 is 0 Å². The Hall–Kier alpha value is -3.40. The SMILES string of the molecule is CCc1cc2nc3c(nc2cc1CC)N1c2ccccc2C2CC2C1N3c1ccccc1. The van der Waals surface area contributed by atoms with Gasteiger partial charge in [-0.3, -0.25) is 0 Å². The monoisotopic (exact) mass is 418 g/mol. The van der Waals surface area contributed by atoms with Gasteiger partial charge in [0.25, 0.3) is 0 Å². The van der Waals surface area contributed by atoms with E-state index in [0.29, 0.717) is 11.8 Å². The highest BCUT2D eigenvalue weighted by Gasteiger charge is 2.58. The molecule has 3 aliphatic rings. The van der Waals surface area contributed by atoms with Crippen LogP contribution in [-0.4, -0.2) is 16.1 Å². The summed E-state index contributed by atoms with van der Waals surface area (Å²) in [4.78, 5) is 15.5. The van der Waals surface area contributed by atoms with Crippen molar-refractivity contribution in [2.75, 3.05) is 9.80 Å². The van der Waals surface area contributed by atoms with Gasteiger partial charge < -0.3 is 9.80 Å². The van der Waals surface area contributed by atoms with Crippen LogP contribution in [0.5, 0.6) is 0 Å². The molecule has 0 radical (unpaired) electrons. The maximum Gasteiger partial charge on any atom is 0.179 e. The zero-order valence-corrected chi connectivity index (χ0v) is 18.5.